The van der Waals surface area contributed by atoms with Gasteiger partial charge in [-0.05, 0) is 73.2 Å². The molecule has 0 aliphatic rings. The maximum absolute atomic E-state index is 13.6. The van der Waals surface area contributed by atoms with Crippen LogP contribution in [0.1, 0.15) is 22.6 Å². The van der Waals surface area contributed by atoms with Crippen LogP contribution in [-0.2, 0) is 27.9 Å². The molecule has 4 aromatic rings. The number of nitrogens with zero attached hydrogens (tertiary/aromatic N) is 2. The first-order valence-corrected chi connectivity index (χ1v) is 14.0. The van der Waals surface area contributed by atoms with E-state index in [0.29, 0.717) is 21.3 Å². The third-order valence-corrected chi connectivity index (χ3v) is 8.32. The van der Waals surface area contributed by atoms with Crippen molar-refractivity contribution in [2.45, 2.75) is 24.9 Å². The molecule has 204 valence electrons. The van der Waals surface area contributed by atoms with Crippen molar-refractivity contribution in [3.8, 4) is 6.07 Å². The number of hydrogen-bond acceptors (Lipinski definition) is 5. The molecule has 0 aliphatic carbocycles. The highest BCUT2D eigenvalue weighted by Gasteiger charge is 2.26. The molecule has 1 N–H and O–H groups in total. The van der Waals surface area contributed by atoms with Crippen LogP contribution in [-0.4, -0.2) is 18.6 Å². The summed E-state index contributed by atoms with van der Waals surface area (Å²) in [5.41, 5.74) is 1.58. The molecule has 0 atom stereocenters. The van der Waals surface area contributed by atoms with Gasteiger partial charge in [-0.1, -0.05) is 47.0 Å². The maximum Gasteiger partial charge on any atom is 0.266 e. The summed E-state index contributed by atoms with van der Waals surface area (Å²) in [6, 6.07) is 21.3. The minimum Gasteiger partial charge on any atom is -0.460 e. The van der Waals surface area contributed by atoms with E-state index in [2.05, 4.69) is 5.32 Å². The Labute approximate surface area is 241 Å². The summed E-state index contributed by atoms with van der Waals surface area (Å²) in [5.74, 6) is -0.730. The van der Waals surface area contributed by atoms with E-state index in [-0.39, 0.29) is 35.1 Å². The standard InChI is InChI=1S/C29H22Cl2FN3O4S/c1-19-2-11-26(12-3-19)40(37,38)35(17-20-4-13-27(30)28(31)14-20)18-25-10-9-24(39-25)15-21(16-33)29(36)34-23-7-5-22(32)6-8-23/h2-15H,17-18H2,1H3,(H,34,36)/b21-15+. The molecule has 0 spiro atoms. The van der Waals surface area contributed by atoms with Crippen molar-refractivity contribution in [2.75, 3.05) is 5.32 Å². The third-order valence-electron chi connectivity index (χ3n) is 5.77. The van der Waals surface area contributed by atoms with Crippen LogP contribution in [0.3, 0.4) is 0 Å². The molecular formula is C29H22Cl2FN3O4S. The Morgan fingerprint density at radius 2 is 1.70 bits per heavy atom. The molecule has 1 amide bonds. The second kappa shape index (κ2) is 12.5. The van der Waals surface area contributed by atoms with Crippen molar-refractivity contribution >= 4 is 50.9 Å². The Balaban J connectivity index is 1.59. The molecule has 0 fully saturated rings. The smallest absolute Gasteiger partial charge is 0.266 e. The highest BCUT2D eigenvalue weighted by atomic mass is 35.5. The first-order valence-electron chi connectivity index (χ1n) is 11.8. The molecule has 1 heterocycles. The van der Waals surface area contributed by atoms with Gasteiger partial charge in [0.25, 0.3) is 5.91 Å². The van der Waals surface area contributed by atoms with Gasteiger partial charge in [-0.2, -0.15) is 9.57 Å². The minimum absolute atomic E-state index is 0.0253. The van der Waals surface area contributed by atoms with Crippen molar-refractivity contribution in [3.05, 3.63) is 123 Å². The molecule has 4 rings (SSSR count). The predicted molar refractivity (Wildman–Crippen MR) is 151 cm³/mol. The zero-order valence-electron chi connectivity index (χ0n) is 21.1. The van der Waals surface area contributed by atoms with Gasteiger partial charge < -0.3 is 9.73 Å². The summed E-state index contributed by atoms with van der Waals surface area (Å²) in [6.45, 7) is 1.69. The zero-order valence-corrected chi connectivity index (χ0v) is 23.4. The number of benzene rings is 3. The summed E-state index contributed by atoms with van der Waals surface area (Å²) < 4.78 is 47.4. The fraction of sp³-hybridized carbons (Fsp3) is 0.103. The highest BCUT2D eigenvalue weighted by molar-refractivity contribution is 7.89. The average Bonchev–Trinajstić information content (AvgIpc) is 3.37. The Hall–Kier alpha value is -3.94. The molecule has 3 aromatic carbocycles. The first kappa shape index (κ1) is 29.1. The molecule has 0 radical (unpaired) electrons. The molecule has 1 aromatic heterocycles. The molecular weight excluding hydrogens is 576 g/mol. The molecule has 0 saturated carbocycles. The molecule has 0 bridgehead atoms. The van der Waals surface area contributed by atoms with Crippen LogP contribution in [0.25, 0.3) is 6.08 Å². The number of carbonyl (C=O) groups is 1. The van der Waals surface area contributed by atoms with Crippen molar-refractivity contribution in [1.82, 2.24) is 4.31 Å². The summed E-state index contributed by atoms with van der Waals surface area (Å²) >= 11 is 12.2. The summed E-state index contributed by atoms with van der Waals surface area (Å²) in [5, 5.41) is 12.7. The van der Waals surface area contributed by atoms with Crippen LogP contribution >= 0.6 is 23.2 Å². The lowest BCUT2D eigenvalue weighted by atomic mass is 10.2. The summed E-state index contributed by atoms with van der Waals surface area (Å²) in [7, 11) is -3.97. The lowest BCUT2D eigenvalue weighted by Crippen LogP contribution is -2.30. The Morgan fingerprint density at radius 1 is 1.00 bits per heavy atom. The van der Waals surface area contributed by atoms with Crippen LogP contribution in [0.15, 0.2) is 93.7 Å². The van der Waals surface area contributed by atoms with E-state index in [0.717, 1.165) is 5.56 Å². The Kier molecular flexibility index (Phi) is 9.07. The summed E-state index contributed by atoms with van der Waals surface area (Å²) in [4.78, 5) is 12.6. The van der Waals surface area contributed by atoms with E-state index in [9.17, 15) is 22.9 Å². The number of nitrogens with one attached hydrogen (secondary N) is 1. The topological polar surface area (TPSA) is 103 Å². The predicted octanol–water partition coefficient (Wildman–Crippen LogP) is 6.97. The molecule has 7 nitrogen and oxygen atoms in total. The number of sulfonamides is 1. The maximum atomic E-state index is 13.6. The number of furan rings is 1. The van der Waals surface area contributed by atoms with Crippen molar-refractivity contribution in [3.63, 3.8) is 0 Å². The van der Waals surface area contributed by atoms with E-state index < -0.39 is 21.7 Å². The molecule has 0 saturated heterocycles. The SMILES string of the molecule is Cc1ccc(S(=O)(=O)N(Cc2ccc(Cl)c(Cl)c2)Cc2ccc(/C=C(\C#N)C(=O)Nc3ccc(F)cc3)o2)cc1. The lowest BCUT2D eigenvalue weighted by Gasteiger charge is -2.22. The quantitative estimate of drug-likeness (QED) is 0.166. The minimum atomic E-state index is -3.97. The van der Waals surface area contributed by atoms with Gasteiger partial charge in [0.15, 0.2) is 0 Å². The van der Waals surface area contributed by atoms with Crippen LogP contribution in [0.4, 0.5) is 10.1 Å². The highest BCUT2D eigenvalue weighted by Crippen LogP contribution is 2.27. The van der Waals surface area contributed by atoms with Gasteiger partial charge in [0.2, 0.25) is 10.0 Å². The number of nitriles is 1. The second-order valence-electron chi connectivity index (χ2n) is 8.77. The molecule has 0 aliphatic heterocycles. The van der Waals surface area contributed by atoms with Gasteiger partial charge in [0, 0.05) is 18.3 Å². The number of halogens is 3. The van der Waals surface area contributed by atoms with Gasteiger partial charge in [0.1, 0.15) is 29.0 Å². The van der Waals surface area contributed by atoms with E-state index in [4.69, 9.17) is 27.6 Å². The molecule has 0 unspecified atom stereocenters. The van der Waals surface area contributed by atoms with Crippen LogP contribution in [0.5, 0.6) is 0 Å². The normalized spacial score (nSPS) is 11.8. The van der Waals surface area contributed by atoms with Crippen molar-refractivity contribution < 1.29 is 22.0 Å². The van der Waals surface area contributed by atoms with E-state index in [1.807, 2.05) is 13.0 Å². The van der Waals surface area contributed by atoms with Crippen LogP contribution < -0.4 is 5.32 Å². The number of aryl methyl sites for hydroxylation is 1. The fourth-order valence-corrected chi connectivity index (χ4v) is 5.40. The number of hydrogen-bond donors (Lipinski definition) is 1. The number of rotatable bonds is 9. The zero-order chi connectivity index (χ0) is 28.9. The summed E-state index contributed by atoms with van der Waals surface area (Å²) in [6.07, 6.45) is 1.24. The van der Waals surface area contributed by atoms with Gasteiger partial charge in [-0.25, -0.2) is 12.8 Å². The average molecular weight is 598 g/mol. The van der Waals surface area contributed by atoms with Crippen LogP contribution in [0, 0.1) is 24.1 Å². The lowest BCUT2D eigenvalue weighted by molar-refractivity contribution is -0.112. The largest absolute Gasteiger partial charge is 0.460 e. The first-order chi connectivity index (χ1) is 19.0. The van der Waals surface area contributed by atoms with Gasteiger partial charge in [-0.15, -0.1) is 0 Å². The van der Waals surface area contributed by atoms with Gasteiger partial charge >= 0.3 is 0 Å². The number of amides is 1. The van der Waals surface area contributed by atoms with Gasteiger partial charge in [0.05, 0.1) is 21.5 Å². The van der Waals surface area contributed by atoms with E-state index in [1.165, 1.54) is 52.8 Å². The van der Waals surface area contributed by atoms with E-state index >= 15 is 0 Å². The van der Waals surface area contributed by atoms with Crippen LogP contribution in [0.2, 0.25) is 10.0 Å². The van der Waals surface area contributed by atoms with E-state index in [1.54, 1.807) is 36.4 Å². The monoisotopic (exact) mass is 597 g/mol. The molecule has 40 heavy (non-hydrogen) atoms. The van der Waals surface area contributed by atoms with Crippen molar-refractivity contribution in [2.24, 2.45) is 0 Å². The number of anilines is 1. The Morgan fingerprint density at radius 3 is 2.35 bits per heavy atom. The fourth-order valence-electron chi connectivity index (χ4n) is 3.68. The number of carbonyl (C=O) groups excluding carboxylic acids is 1. The second-order valence-corrected chi connectivity index (χ2v) is 11.5. The van der Waals surface area contributed by atoms with Gasteiger partial charge in [-0.3, -0.25) is 4.79 Å². The van der Waals surface area contributed by atoms with Crippen molar-refractivity contribution in [1.29, 1.82) is 5.26 Å². The molecule has 11 heteroatoms. The third kappa shape index (κ3) is 7.17. The Bertz CT molecular complexity index is 1710.